The maximum atomic E-state index is 14.1. The second-order valence-electron chi connectivity index (χ2n) is 8.53. The molecule has 1 N–H and O–H groups in total. The Morgan fingerprint density at radius 1 is 1.27 bits per heavy atom. The highest BCUT2D eigenvalue weighted by atomic mass is 35.5. The minimum atomic E-state index is -0.618. The van der Waals surface area contributed by atoms with Gasteiger partial charge in [0.1, 0.15) is 30.4 Å². The van der Waals surface area contributed by atoms with Crippen LogP contribution in [0.3, 0.4) is 0 Å². The first-order valence-electron chi connectivity index (χ1n) is 10.7. The Bertz CT molecular complexity index is 1290. The van der Waals surface area contributed by atoms with Crippen LogP contribution in [0.5, 0.6) is 0 Å². The Balaban J connectivity index is 1.33. The zero-order chi connectivity index (χ0) is 23.3. The fraction of sp³-hybridized carbons (Fsp3) is 0.348. The molecule has 1 aliphatic heterocycles. The van der Waals surface area contributed by atoms with E-state index >= 15 is 0 Å². The summed E-state index contributed by atoms with van der Waals surface area (Å²) in [6, 6.07) is 4.03. The average Bonchev–Trinajstić information content (AvgIpc) is 3.30. The molecule has 1 saturated heterocycles. The number of carbonyl (C=O) groups excluding carboxylic acids is 3. The molecule has 2 fully saturated rings. The van der Waals surface area contributed by atoms with E-state index in [1.807, 2.05) is 0 Å². The van der Waals surface area contributed by atoms with Gasteiger partial charge in [-0.05, 0) is 31.7 Å². The Morgan fingerprint density at radius 2 is 2.09 bits per heavy atom. The van der Waals surface area contributed by atoms with E-state index in [9.17, 15) is 18.8 Å². The van der Waals surface area contributed by atoms with Crippen LogP contribution in [0.1, 0.15) is 35.7 Å². The van der Waals surface area contributed by atoms with Crippen LogP contribution in [0.25, 0.3) is 11.0 Å². The number of ketones is 1. The van der Waals surface area contributed by atoms with Crippen LogP contribution in [0, 0.1) is 11.7 Å². The van der Waals surface area contributed by atoms with Gasteiger partial charge >= 0.3 is 0 Å². The molecule has 0 bridgehead atoms. The fourth-order valence-electron chi connectivity index (χ4n) is 4.69. The maximum absolute atomic E-state index is 14.1. The van der Waals surface area contributed by atoms with Crippen molar-refractivity contribution in [1.29, 1.82) is 0 Å². The lowest BCUT2D eigenvalue weighted by atomic mass is 10.1. The quantitative estimate of drug-likeness (QED) is 0.560. The molecule has 8 nitrogen and oxygen atoms in total. The van der Waals surface area contributed by atoms with Crippen LogP contribution >= 0.6 is 11.6 Å². The third-order valence-electron chi connectivity index (χ3n) is 6.40. The van der Waals surface area contributed by atoms with Crippen molar-refractivity contribution in [2.45, 2.75) is 44.9 Å². The SMILES string of the molecule is CC(=O)c1cn(CC(=O)N2[C@@H]3CC3C[C@H]2C(=O)NCc2cccc(Cl)c2F)c2ncncc12. The number of amides is 2. The molecule has 0 radical (unpaired) electrons. The molecule has 1 saturated carbocycles. The van der Waals surface area contributed by atoms with Crippen molar-refractivity contribution in [3.8, 4) is 0 Å². The molecule has 1 aliphatic carbocycles. The van der Waals surface area contributed by atoms with E-state index < -0.39 is 11.9 Å². The second-order valence-corrected chi connectivity index (χ2v) is 8.94. The van der Waals surface area contributed by atoms with E-state index in [1.165, 1.54) is 19.3 Å². The summed E-state index contributed by atoms with van der Waals surface area (Å²) >= 11 is 5.81. The lowest BCUT2D eigenvalue weighted by Crippen LogP contribution is -2.48. The van der Waals surface area contributed by atoms with Crippen molar-refractivity contribution >= 4 is 40.2 Å². The highest BCUT2D eigenvalue weighted by Crippen LogP contribution is 2.48. The zero-order valence-electron chi connectivity index (χ0n) is 17.8. The summed E-state index contributed by atoms with van der Waals surface area (Å²) < 4.78 is 15.8. The van der Waals surface area contributed by atoms with Crippen LogP contribution in [0.15, 0.2) is 36.9 Å². The van der Waals surface area contributed by atoms with Gasteiger partial charge in [-0.25, -0.2) is 14.4 Å². The molecule has 3 heterocycles. The van der Waals surface area contributed by atoms with Crippen molar-refractivity contribution in [3.63, 3.8) is 0 Å². The molecule has 170 valence electrons. The molecule has 1 aromatic carbocycles. The highest BCUT2D eigenvalue weighted by molar-refractivity contribution is 6.30. The van der Waals surface area contributed by atoms with E-state index in [2.05, 4.69) is 15.3 Å². The molecule has 2 aromatic heterocycles. The third-order valence-corrected chi connectivity index (χ3v) is 6.69. The van der Waals surface area contributed by atoms with Gasteiger partial charge in [0.15, 0.2) is 5.78 Å². The van der Waals surface area contributed by atoms with Crippen molar-refractivity contribution in [2.75, 3.05) is 0 Å². The van der Waals surface area contributed by atoms with E-state index in [0.717, 1.165) is 6.42 Å². The summed E-state index contributed by atoms with van der Waals surface area (Å²) in [5, 5.41) is 3.32. The number of benzene rings is 1. The molecule has 1 unspecified atom stereocenters. The highest BCUT2D eigenvalue weighted by Gasteiger charge is 2.55. The number of piperidine rings is 1. The Labute approximate surface area is 193 Å². The number of rotatable bonds is 6. The predicted octanol–water partition coefficient (Wildman–Crippen LogP) is 2.73. The van der Waals surface area contributed by atoms with Crippen LogP contribution in [0.2, 0.25) is 5.02 Å². The number of nitrogens with one attached hydrogen (secondary N) is 1. The first-order valence-corrected chi connectivity index (χ1v) is 11.0. The number of Topliss-reactive ketones (excluding diaryl/α,β-unsaturated/α-hetero) is 1. The van der Waals surface area contributed by atoms with Gasteiger partial charge in [0.05, 0.1) is 5.02 Å². The van der Waals surface area contributed by atoms with Gasteiger partial charge in [-0.3, -0.25) is 14.4 Å². The van der Waals surface area contributed by atoms with E-state index in [0.29, 0.717) is 28.9 Å². The monoisotopic (exact) mass is 469 g/mol. The van der Waals surface area contributed by atoms with Crippen molar-refractivity contribution in [2.24, 2.45) is 5.92 Å². The number of likely N-dealkylation sites (tertiary alicyclic amines) is 1. The Kier molecular flexibility index (Phi) is 5.36. The Hall–Kier alpha value is -3.33. The average molecular weight is 470 g/mol. The van der Waals surface area contributed by atoms with Gasteiger partial charge in [-0.15, -0.1) is 0 Å². The second kappa shape index (κ2) is 8.22. The summed E-state index contributed by atoms with van der Waals surface area (Å²) in [5.74, 6) is -0.956. The summed E-state index contributed by atoms with van der Waals surface area (Å²) in [6.45, 7) is 1.39. The standard InChI is InChI=1S/C23H21ClFN5O3/c1-12(31)16-9-29(22-15(16)8-26-11-28-22)10-20(32)30-18-5-14(18)6-19(30)23(33)27-7-13-3-2-4-17(24)21(13)25/h2-4,8-9,11,14,18-19H,5-7,10H2,1H3,(H,27,33)/t14?,18-,19+/m1/s1. The number of hydrogen-bond donors (Lipinski definition) is 1. The fourth-order valence-corrected chi connectivity index (χ4v) is 4.89. The molecular weight excluding hydrogens is 449 g/mol. The van der Waals surface area contributed by atoms with Crippen LogP contribution in [-0.2, 0) is 22.7 Å². The molecule has 3 aromatic rings. The van der Waals surface area contributed by atoms with Gasteiger partial charge in [-0.2, -0.15) is 0 Å². The molecule has 2 amide bonds. The zero-order valence-corrected chi connectivity index (χ0v) is 18.6. The minimum absolute atomic E-state index is 0.00615. The summed E-state index contributed by atoms with van der Waals surface area (Å²) in [6.07, 6.45) is 5.97. The first-order chi connectivity index (χ1) is 15.8. The minimum Gasteiger partial charge on any atom is -0.350 e. The van der Waals surface area contributed by atoms with E-state index in [-0.39, 0.29) is 47.3 Å². The van der Waals surface area contributed by atoms with Crippen molar-refractivity contribution in [1.82, 2.24) is 24.8 Å². The smallest absolute Gasteiger partial charge is 0.243 e. The number of carbonyl (C=O) groups is 3. The molecular formula is C23H21ClFN5O3. The summed E-state index contributed by atoms with van der Waals surface area (Å²) in [7, 11) is 0. The van der Waals surface area contributed by atoms with E-state index in [1.54, 1.807) is 34.0 Å². The molecule has 3 atom stereocenters. The van der Waals surface area contributed by atoms with Crippen LogP contribution in [-0.4, -0.2) is 49.1 Å². The normalized spacial score (nSPS) is 21.2. The first kappa shape index (κ1) is 21.5. The van der Waals surface area contributed by atoms with E-state index in [4.69, 9.17) is 11.6 Å². The maximum Gasteiger partial charge on any atom is 0.243 e. The lowest BCUT2D eigenvalue weighted by Gasteiger charge is -2.27. The lowest BCUT2D eigenvalue weighted by molar-refractivity contribution is -0.140. The van der Waals surface area contributed by atoms with Crippen molar-refractivity contribution < 1.29 is 18.8 Å². The van der Waals surface area contributed by atoms with Gasteiger partial charge in [-0.1, -0.05) is 23.7 Å². The molecule has 33 heavy (non-hydrogen) atoms. The molecule has 0 spiro atoms. The topological polar surface area (TPSA) is 97.2 Å². The number of halogens is 2. The Morgan fingerprint density at radius 3 is 2.88 bits per heavy atom. The van der Waals surface area contributed by atoms with Gasteiger partial charge in [0.2, 0.25) is 11.8 Å². The number of hydrogen-bond acceptors (Lipinski definition) is 5. The number of aromatic nitrogens is 3. The predicted molar refractivity (Wildman–Crippen MR) is 118 cm³/mol. The summed E-state index contributed by atoms with van der Waals surface area (Å²) in [4.78, 5) is 48.0. The van der Waals surface area contributed by atoms with Crippen LogP contribution in [0.4, 0.5) is 4.39 Å². The largest absolute Gasteiger partial charge is 0.350 e. The summed E-state index contributed by atoms with van der Waals surface area (Å²) in [5.41, 5.74) is 1.22. The molecule has 5 rings (SSSR count). The van der Waals surface area contributed by atoms with Crippen LogP contribution < -0.4 is 5.32 Å². The van der Waals surface area contributed by atoms with Crippen molar-refractivity contribution in [3.05, 3.63) is 58.9 Å². The molecule has 10 heteroatoms. The van der Waals surface area contributed by atoms with Gasteiger partial charge in [0, 0.05) is 41.5 Å². The number of nitrogens with zero attached hydrogens (tertiary/aromatic N) is 4. The van der Waals surface area contributed by atoms with Gasteiger partial charge in [0.25, 0.3) is 0 Å². The van der Waals surface area contributed by atoms with Gasteiger partial charge < -0.3 is 14.8 Å². The number of fused-ring (bicyclic) bond motifs is 2. The molecule has 2 aliphatic rings. The third kappa shape index (κ3) is 3.86.